The summed E-state index contributed by atoms with van der Waals surface area (Å²) in [5.41, 5.74) is 1.45. The molecule has 2 heterocycles. The summed E-state index contributed by atoms with van der Waals surface area (Å²) in [6, 6.07) is 3.29. The zero-order valence-electron chi connectivity index (χ0n) is 15.2. The molecule has 1 aromatic carbocycles. The van der Waals surface area contributed by atoms with E-state index in [2.05, 4.69) is 5.32 Å². The Labute approximate surface area is 162 Å². The van der Waals surface area contributed by atoms with Crippen molar-refractivity contribution in [3.8, 4) is 0 Å². The predicted octanol–water partition coefficient (Wildman–Crippen LogP) is 4.44. The summed E-state index contributed by atoms with van der Waals surface area (Å²) in [7, 11) is 0. The van der Waals surface area contributed by atoms with Crippen molar-refractivity contribution in [1.82, 2.24) is 10.2 Å². The molecule has 2 fully saturated rings. The third-order valence-electron chi connectivity index (χ3n) is 5.58. The number of hydrogen-bond acceptors (Lipinski definition) is 2. The summed E-state index contributed by atoms with van der Waals surface area (Å²) < 4.78 is 53.0. The molecule has 1 aromatic rings. The molecule has 0 atom stereocenters. The van der Waals surface area contributed by atoms with Crippen LogP contribution in [0.3, 0.4) is 0 Å². The Morgan fingerprint density at radius 1 is 1.11 bits per heavy atom. The van der Waals surface area contributed by atoms with Gasteiger partial charge in [-0.05, 0) is 68.8 Å². The average Bonchev–Trinajstić information content (AvgIpc) is 2.61. The van der Waals surface area contributed by atoms with E-state index in [-0.39, 0.29) is 49.8 Å². The number of amides is 1. The van der Waals surface area contributed by atoms with E-state index >= 15 is 0 Å². The molecule has 2 aliphatic rings. The molecule has 0 unspecified atom stereocenters. The summed E-state index contributed by atoms with van der Waals surface area (Å²) in [6.07, 6.45) is -2.62. The fourth-order valence-electron chi connectivity index (χ4n) is 4.00. The minimum absolute atomic E-state index is 0. The lowest BCUT2D eigenvalue weighted by Gasteiger charge is -2.33. The molecule has 0 spiro atoms. The lowest BCUT2D eigenvalue weighted by Crippen LogP contribution is -2.42. The molecule has 0 radical (unpaired) electrons. The summed E-state index contributed by atoms with van der Waals surface area (Å²) in [5.74, 6) is -2.17. The van der Waals surface area contributed by atoms with Crippen LogP contribution in [0.4, 0.5) is 17.6 Å². The van der Waals surface area contributed by atoms with Gasteiger partial charge in [-0.1, -0.05) is 6.07 Å². The molecule has 0 aliphatic carbocycles. The van der Waals surface area contributed by atoms with E-state index in [1.165, 1.54) is 11.0 Å². The fraction of sp³-hybridized carbons (Fsp3) is 0.632. The molecule has 0 saturated carbocycles. The summed E-state index contributed by atoms with van der Waals surface area (Å²) in [5, 5.41) is 3.27. The molecule has 152 valence electrons. The first-order valence-electron chi connectivity index (χ1n) is 9.14. The maximum atomic E-state index is 14.7. The van der Waals surface area contributed by atoms with Crippen molar-refractivity contribution >= 4 is 18.3 Å². The van der Waals surface area contributed by atoms with Gasteiger partial charge in [0, 0.05) is 13.1 Å². The van der Waals surface area contributed by atoms with Crippen molar-refractivity contribution in [2.45, 2.75) is 44.7 Å². The van der Waals surface area contributed by atoms with Gasteiger partial charge >= 0.3 is 6.18 Å². The van der Waals surface area contributed by atoms with Crippen molar-refractivity contribution in [1.29, 1.82) is 0 Å². The highest BCUT2D eigenvalue weighted by atomic mass is 35.5. The van der Waals surface area contributed by atoms with E-state index in [4.69, 9.17) is 0 Å². The highest BCUT2D eigenvalue weighted by molar-refractivity contribution is 5.96. The second-order valence-electron chi connectivity index (χ2n) is 7.33. The second-order valence-corrected chi connectivity index (χ2v) is 7.33. The highest BCUT2D eigenvalue weighted by Gasteiger charge is 2.42. The van der Waals surface area contributed by atoms with Gasteiger partial charge in [-0.15, -0.1) is 12.4 Å². The zero-order chi connectivity index (χ0) is 18.9. The minimum atomic E-state index is -4.23. The van der Waals surface area contributed by atoms with Gasteiger partial charge in [0.1, 0.15) is 5.82 Å². The molecule has 2 aliphatic heterocycles. The molecule has 1 N–H and O–H groups in total. The molecule has 1 amide bonds. The molecule has 3 nitrogen and oxygen atoms in total. The topological polar surface area (TPSA) is 32.3 Å². The van der Waals surface area contributed by atoms with Crippen LogP contribution in [0.15, 0.2) is 12.1 Å². The lowest BCUT2D eigenvalue weighted by atomic mass is 9.88. The standard InChI is InChI=1S/C19H24F4N2O.ClH/c1-12-10-14(13-2-6-24-7-3-13)11-16(20)17(12)18(26)25-8-4-15(5-9-25)19(21,22)23;/h10-11,13,15,24H,2-9H2,1H3;1H. The van der Waals surface area contributed by atoms with Gasteiger partial charge in [0.25, 0.3) is 5.91 Å². The Morgan fingerprint density at radius 3 is 2.22 bits per heavy atom. The summed E-state index contributed by atoms with van der Waals surface area (Å²) in [4.78, 5) is 14.0. The molecular weight excluding hydrogens is 384 g/mol. The fourth-order valence-corrected chi connectivity index (χ4v) is 4.00. The maximum absolute atomic E-state index is 14.7. The number of likely N-dealkylation sites (tertiary alicyclic amines) is 1. The first kappa shape index (κ1) is 22.0. The third-order valence-corrected chi connectivity index (χ3v) is 5.58. The average molecular weight is 409 g/mol. The predicted molar refractivity (Wildman–Crippen MR) is 97.9 cm³/mol. The Morgan fingerprint density at radius 2 is 1.70 bits per heavy atom. The maximum Gasteiger partial charge on any atom is 0.391 e. The summed E-state index contributed by atoms with van der Waals surface area (Å²) in [6.45, 7) is 3.50. The van der Waals surface area contributed by atoms with Gasteiger partial charge in [0.15, 0.2) is 0 Å². The van der Waals surface area contributed by atoms with Gasteiger partial charge in [-0.25, -0.2) is 4.39 Å². The monoisotopic (exact) mass is 408 g/mol. The minimum Gasteiger partial charge on any atom is -0.339 e. The van der Waals surface area contributed by atoms with Gasteiger partial charge in [0.2, 0.25) is 0 Å². The van der Waals surface area contributed by atoms with Crippen LogP contribution in [0.1, 0.15) is 53.1 Å². The number of aryl methyl sites for hydroxylation is 1. The molecule has 0 aromatic heterocycles. The summed E-state index contributed by atoms with van der Waals surface area (Å²) >= 11 is 0. The van der Waals surface area contributed by atoms with Crippen LogP contribution in [0.2, 0.25) is 0 Å². The zero-order valence-corrected chi connectivity index (χ0v) is 16.1. The lowest BCUT2D eigenvalue weighted by molar-refractivity contribution is -0.183. The number of benzene rings is 1. The van der Waals surface area contributed by atoms with Crippen LogP contribution in [-0.2, 0) is 0 Å². The van der Waals surface area contributed by atoms with Crippen molar-refractivity contribution in [2.75, 3.05) is 26.2 Å². The van der Waals surface area contributed by atoms with Crippen LogP contribution in [0, 0.1) is 18.7 Å². The Kier molecular flexibility index (Phi) is 7.14. The number of carbonyl (C=O) groups is 1. The molecule has 2 saturated heterocycles. The first-order valence-corrected chi connectivity index (χ1v) is 9.14. The number of piperidine rings is 2. The molecule has 0 bridgehead atoms. The number of nitrogens with one attached hydrogen (secondary N) is 1. The normalized spacial score (nSPS) is 19.7. The van der Waals surface area contributed by atoms with Crippen LogP contribution in [-0.4, -0.2) is 43.2 Å². The smallest absolute Gasteiger partial charge is 0.339 e. The van der Waals surface area contributed by atoms with Gasteiger partial charge in [0.05, 0.1) is 11.5 Å². The van der Waals surface area contributed by atoms with E-state index in [0.29, 0.717) is 5.56 Å². The number of nitrogens with zero attached hydrogens (tertiary/aromatic N) is 1. The van der Waals surface area contributed by atoms with Crippen molar-refractivity contribution in [3.63, 3.8) is 0 Å². The number of hydrogen-bond donors (Lipinski definition) is 1. The van der Waals surface area contributed by atoms with Gasteiger partial charge < -0.3 is 10.2 Å². The Bertz CT molecular complexity index is 643. The van der Waals surface area contributed by atoms with Gasteiger partial charge in [-0.2, -0.15) is 13.2 Å². The largest absolute Gasteiger partial charge is 0.391 e. The van der Waals surface area contributed by atoms with Crippen molar-refractivity contribution in [3.05, 3.63) is 34.6 Å². The van der Waals surface area contributed by atoms with Gasteiger partial charge in [-0.3, -0.25) is 4.79 Å². The number of rotatable bonds is 2. The molecule has 27 heavy (non-hydrogen) atoms. The van der Waals surface area contributed by atoms with Crippen LogP contribution in [0.25, 0.3) is 0 Å². The van der Waals surface area contributed by atoms with E-state index in [1.807, 2.05) is 6.07 Å². The second kappa shape index (κ2) is 8.78. The van der Waals surface area contributed by atoms with Crippen LogP contribution in [0.5, 0.6) is 0 Å². The van der Waals surface area contributed by atoms with Crippen molar-refractivity contribution in [2.24, 2.45) is 5.92 Å². The van der Waals surface area contributed by atoms with Crippen molar-refractivity contribution < 1.29 is 22.4 Å². The Balaban J connectivity index is 0.00000261. The molecular formula is C19H25ClF4N2O. The first-order chi connectivity index (χ1) is 12.3. The number of carbonyl (C=O) groups excluding carboxylic acids is 1. The third kappa shape index (κ3) is 4.93. The SMILES string of the molecule is Cc1cc(C2CCNCC2)cc(F)c1C(=O)N1CCC(C(F)(F)F)CC1.Cl. The van der Waals surface area contributed by atoms with E-state index < -0.39 is 23.8 Å². The van der Waals surface area contributed by atoms with E-state index in [9.17, 15) is 22.4 Å². The van der Waals surface area contributed by atoms with E-state index in [1.54, 1.807) is 6.92 Å². The molecule has 8 heteroatoms. The highest BCUT2D eigenvalue weighted by Crippen LogP contribution is 2.35. The van der Waals surface area contributed by atoms with E-state index in [0.717, 1.165) is 31.5 Å². The number of halogens is 5. The quantitative estimate of drug-likeness (QED) is 0.734. The number of alkyl halides is 3. The molecule has 3 rings (SSSR count). The van der Waals surface area contributed by atoms with Crippen LogP contribution < -0.4 is 5.32 Å². The Hall–Kier alpha value is -1.34. The van der Waals surface area contributed by atoms with Crippen LogP contribution >= 0.6 is 12.4 Å².